The number of hydrogen-bond donors (Lipinski definition) is 1. The van der Waals surface area contributed by atoms with E-state index in [9.17, 15) is 0 Å². The van der Waals surface area contributed by atoms with E-state index < -0.39 is 0 Å². The van der Waals surface area contributed by atoms with Crippen LogP contribution in [0.5, 0.6) is 0 Å². The molecule has 2 rings (SSSR count). The fourth-order valence-electron chi connectivity index (χ4n) is 1.16. The van der Waals surface area contributed by atoms with Gasteiger partial charge in [-0.3, -0.25) is 9.67 Å². The molecular weight excluding hydrogens is 214 g/mol. The van der Waals surface area contributed by atoms with E-state index in [0.29, 0.717) is 11.6 Å². The lowest BCUT2D eigenvalue weighted by molar-refractivity contribution is 0.683. The third-order valence-corrected chi connectivity index (χ3v) is 2.37. The maximum atomic E-state index is 5.96. The summed E-state index contributed by atoms with van der Waals surface area (Å²) in [5.41, 5.74) is 1.79. The Morgan fingerprint density at radius 1 is 1.47 bits per heavy atom. The second-order valence-corrected chi connectivity index (χ2v) is 3.47. The van der Waals surface area contributed by atoms with E-state index in [1.165, 1.54) is 0 Å². The van der Waals surface area contributed by atoms with E-state index in [0.717, 1.165) is 11.4 Å². The molecule has 0 aliphatic rings. The second-order valence-electron chi connectivity index (χ2n) is 3.06. The number of halogens is 1. The maximum Gasteiger partial charge on any atom is 0.0774 e. The Bertz CT molecular complexity index is 453. The minimum absolute atomic E-state index is 0.620. The van der Waals surface area contributed by atoms with Gasteiger partial charge in [0.1, 0.15) is 0 Å². The highest BCUT2D eigenvalue weighted by atomic mass is 35.5. The van der Waals surface area contributed by atoms with Gasteiger partial charge in [0.2, 0.25) is 0 Å². The van der Waals surface area contributed by atoms with Crippen LogP contribution in [0.1, 0.15) is 5.69 Å². The number of hydrogen-bond acceptors (Lipinski definition) is 4. The molecule has 6 heteroatoms. The molecule has 5 nitrogen and oxygen atoms in total. The van der Waals surface area contributed by atoms with Gasteiger partial charge in [0.05, 0.1) is 35.3 Å². The Morgan fingerprint density at radius 3 is 3.00 bits per heavy atom. The zero-order chi connectivity index (χ0) is 10.7. The van der Waals surface area contributed by atoms with Crippen molar-refractivity contribution in [2.45, 2.75) is 6.54 Å². The molecule has 0 spiro atoms. The zero-order valence-electron chi connectivity index (χ0n) is 8.18. The molecule has 0 bridgehead atoms. The number of aryl methyl sites for hydroxylation is 1. The first-order chi connectivity index (χ1) is 7.27. The van der Waals surface area contributed by atoms with Crippen LogP contribution in [0.15, 0.2) is 24.7 Å². The third kappa shape index (κ3) is 2.24. The van der Waals surface area contributed by atoms with Gasteiger partial charge in [-0.2, -0.15) is 0 Å². The summed E-state index contributed by atoms with van der Waals surface area (Å²) in [4.78, 5) is 3.98. The lowest BCUT2D eigenvalue weighted by atomic mass is 10.4. The highest BCUT2D eigenvalue weighted by Gasteiger charge is 2.02. The number of anilines is 1. The lowest BCUT2D eigenvalue weighted by Gasteiger charge is -2.06. The van der Waals surface area contributed by atoms with Crippen molar-refractivity contribution in [2.75, 3.05) is 5.32 Å². The van der Waals surface area contributed by atoms with Gasteiger partial charge in [-0.05, 0) is 6.07 Å². The highest BCUT2D eigenvalue weighted by molar-refractivity contribution is 6.33. The average Bonchev–Trinajstić information content (AvgIpc) is 2.63. The van der Waals surface area contributed by atoms with Crippen LogP contribution in [-0.4, -0.2) is 20.0 Å². The van der Waals surface area contributed by atoms with Crippen LogP contribution >= 0.6 is 11.6 Å². The molecule has 0 atom stereocenters. The standard InChI is InChI=1S/C9H10ClN5/c1-15-7(5-13-14-15)4-12-9-6-11-3-2-8(9)10/h2-3,5-6,12H,4H2,1H3. The van der Waals surface area contributed by atoms with Crippen molar-refractivity contribution >= 4 is 17.3 Å². The van der Waals surface area contributed by atoms with Gasteiger partial charge in [0.15, 0.2) is 0 Å². The molecule has 0 aliphatic heterocycles. The average molecular weight is 224 g/mol. The first-order valence-electron chi connectivity index (χ1n) is 4.44. The number of nitrogens with zero attached hydrogens (tertiary/aromatic N) is 4. The van der Waals surface area contributed by atoms with Crippen LogP contribution in [0, 0.1) is 0 Å². The predicted octanol–water partition coefficient (Wildman–Crippen LogP) is 1.48. The monoisotopic (exact) mass is 223 g/mol. The van der Waals surface area contributed by atoms with Crippen LogP contribution in [0.2, 0.25) is 5.02 Å². The Balaban J connectivity index is 2.06. The Kier molecular flexibility index (Phi) is 2.82. The van der Waals surface area contributed by atoms with Gasteiger partial charge >= 0.3 is 0 Å². The van der Waals surface area contributed by atoms with Crippen LogP contribution in [0.25, 0.3) is 0 Å². The highest BCUT2D eigenvalue weighted by Crippen LogP contribution is 2.19. The van der Waals surface area contributed by atoms with E-state index in [4.69, 9.17) is 11.6 Å². The first-order valence-corrected chi connectivity index (χ1v) is 4.82. The van der Waals surface area contributed by atoms with Crippen molar-refractivity contribution in [3.8, 4) is 0 Å². The summed E-state index contributed by atoms with van der Waals surface area (Å²) in [6.45, 7) is 0.620. The molecule has 0 saturated carbocycles. The van der Waals surface area contributed by atoms with Gasteiger partial charge < -0.3 is 5.32 Å². The molecule has 78 valence electrons. The second kappa shape index (κ2) is 4.27. The molecule has 0 aromatic carbocycles. The fraction of sp³-hybridized carbons (Fsp3) is 0.222. The Morgan fingerprint density at radius 2 is 2.33 bits per heavy atom. The van der Waals surface area contributed by atoms with Gasteiger partial charge in [-0.1, -0.05) is 16.8 Å². The molecule has 0 fully saturated rings. The Hall–Kier alpha value is -1.62. The molecule has 2 aromatic heterocycles. The van der Waals surface area contributed by atoms with Crippen molar-refractivity contribution in [1.82, 2.24) is 20.0 Å². The smallest absolute Gasteiger partial charge is 0.0774 e. The van der Waals surface area contributed by atoms with Gasteiger partial charge in [-0.15, -0.1) is 5.10 Å². The summed E-state index contributed by atoms with van der Waals surface area (Å²) in [5.74, 6) is 0. The van der Waals surface area contributed by atoms with Gasteiger partial charge in [0.25, 0.3) is 0 Å². The molecule has 2 heterocycles. The molecule has 15 heavy (non-hydrogen) atoms. The molecule has 1 N–H and O–H groups in total. The van der Waals surface area contributed by atoms with E-state index in [1.807, 2.05) is 7.05 Å². The van der Waals surface area contributed by atoms with Crippen LogP contribution < -0.4 is 5.32 Å². The minimum Gasteiger partial charge on any atom is -0.377 e. The number of nitrogens with one attached hydrogen (secondary N) is 1. The molecule has 0 radical (unpaired) electrons. The molecule has 2 aromatic rings. The summed E-state index contributed by atoms with van der Waals surface area (Å²) in [7, 11) is 1.84. The molecule has 0 saturated heterocycles. The van der Waals surface area contributed by atoms with Crippen molar-refractivity contribution < 1.29 is 0 Å². The van der Waals surface area contributed by atoms with E-state index in [2.05, 4.69) is 20.6 Å². The molecular formula is C9H10ClN5. The van der Waals surface area contributed by atoms with E-state index >= 15 is 0 Å². The van der Waals surface area contributed by atoms with Crippen molar-refractivity contribution in [3.63, 3.8) is 0 Å². The third-order valence-electron chi connectivity index (χ3n) is 2.04. The quantitative estimate of drug-likeness (QED) is 0.856. The topological polar surface area (TPSA) is 55.6 Å². The van der Waals surface area contributed by atoms with Gasteiger partial charge in [0, 0.05) is 13.2 Å². The largest absolute Gasteiger partial charge is 0.377 e. The maximum absolute atomic E-state index is 5.96. The van der Waals surface area contributed by atoms with Crippen molar-refractivity contribution in [1.29, 1.82) is 0 Å². The summed E-state index contributed by atoms with van der Waals surface area (Å²) in [6, 6.07) is 1.74. The number of pyridine rings is 1. The summed E-state index contributed by atoms with van der Waals surface area (Å²) in [5, 5.41) is 11.4. The Labute approximate surface area is 92.1 Å². The SMILES string of the molecule is Cn1nncc1CNc1cnccc1Cl. The van der Waals surface area contributed by atoms with Crippen molar-refractivity contribution in [2.24, 2.45) is 7.05 Å². The number of rotatable bonds is 3. The first kappa shape index (κ1) is 9.92. The van der Waals surface area contributed by atoms with Gasteiger partial charge in [-0.25, -0.2) is 0 Å². The molecule has 0 unspecified atom stereocenters. The number of aromatic nitrogens is 4. The molecule has 0 amide bonds. The summed E-state index contributed by atoms with van der Waals surface area (Å²) < 4.78 is 1.71. The van der Waals surface area contributed by atoms with Crippen LogP contribution in [0.4, 0.5) is 5.69 Å². The fourth-order valence-corrected chi connectivity index (χ4v) is 1.34. The lowest BCUT2D eigenvalue weighted by Crippen LogP contribution is -2.05. The summed E-state index contributed by atoms with van der Waals surface area (Å²) >= 11 is 5.96. The predicted molar refractivity (Wildman–Crippen MR) is 57.6 cm³/mol. The summed E-state index contributed by atoms with van der Waals surface area (Å²) in [6.07, 6.45) is 5.04. The molecule has 0 aliphatic carbocycles. The minimum atomic E-state index is 0.620. The van der Waals surface area contributed by atoms with Crippen LogP contribution in [0.3, 0.4) is 0 Å². The zero-order valence-corrected chi connectivity index (χ0v) is 8.94. The van der Waals surface area contributed by atoms with Crippen molar-refractivity contribution in [3.05, 3.63) is 35.4 Å². The normalized spacial score (nSPS) is 10.3. The van der Waals surface area contributed by atoms with Crippen LogP contribution in [-0.2, 0) is 13.6 Å². The van der Waals surface area contributed by atoms with E-state index in [-0.39, 0.29) is 0 Å². The van der Waals surface area contributed by atoms with E-state index in [1.54, 1.807) is 29.3 Å².